The normalized spacial score (nSPS) is 11.1. The standard InChI is InChI=1S/C13H14O4/c1-3-17-13(16)11(12(14)15)8-10-6-4-9(2)5-7-10/h4-8H,3H2,1-2H3,(H,14,15)/b11-8-. The van der Waals surface area contributed by atoms with E-state index in [9.17, 15) is 9.59 Å². The van der Waals surface area contributed by atoms with Crippen LogP contribution in [0.5, 0.6) is 0 Å². The van der Waals surface area contributed by atoms with Crippen molar-refractivity contribution in [2.45, 2.75) is 13.8 Å². The van der Waals surface area contributed by atoms with Gasteiger partial charge in [-0.05, 0) is 25.5 Å². The number of carboxylic acids is 1. The highest BCUT2D eigenvalue weighted by Crippen LogP contribution is 2.10. The van der Waals surface area contributed by atoms with E-state index in [1.165, 1.54) is 6.08 Å². The van der Waals surface area contributed by atoms with Crippen LogP contribution in [-0.2, 0) is 14.3 Å². The Morgan fingerprint density at radius 3 is 2.35 bits per heavy atom. The van der Waals surface area contributed by atoms with Crippen molar-refractivity contribution in [3.63, 3.8) is 0 Å². The van der Waals surface area contributed by atoms with Crippen molar-refractivity contribution in [2.75, 3.05) is 6.61 Å². The summed E-state index contributed by atoms with van der Waals surface area (Å²) in [6.45, 7) is 3.71. The molecule has 1 rings (SSSR count). The molecule has 1 N–H and O–H groups in total. The summed E-state index contributed by atoms with van der Waals surface area (Å²) >= 11 is 0. The smallest absolute Gasteiger partial charge is 0.345 e. The van der Waals surface area contributed by atoms with Crippen LogP contribution in [0, 0.1) is 6.92 Å². The van der Waals surface area contributed by atoms with Gasteiger partial charge in [0.1, 0.15) is 5.57 Å². The third-order valence-corrected chi connectivity index (χ3v) is 2.11. The number of hydrogen-bond donors (Lipinski definition) is 1. The second-order valence-corrected chi connectivity index (χ2v) is 3.49. The van der Waals surface area contributed by atoms with Crippen LogP contribution in [-0.4, -0.2) is 23.7 Å². The van der Waals surface area contributed by atoms with Gasteiger partial charge in [0, 0.05) is 0 Å². The molecule has 0 aromatic heterocycles. The first kappa shape index (κ1) is 13.0. The van der Waals surface area contributed by atoms with Crippen LogP contribution in [0.1, 0.15) is 18.1 Å². The van der Waals surface area contributed by atoms with Crippen molar-refractivity contribution < 1.29 is 19.4 Å². The van der Waals surface area contributed by atoms with Crippen molar-refractivity contribution in [2.24, 2.45) is 0 Å². The lowest BCUT2D eigenvalue weighted by atomic mass is 10.1. The summed E-state index contributed by atoms with van der Waals surface area (Å²) in [6.07, 6.45) is 1.31. The Kier molecular flexibility index (Phi) is 4.46. The number of esters is 1. The maximum Gasteiger partial charge on any atom is 0.345 e. The molecule has 17 heavy (non-hydrogen) atoms. The number of aliphatic carboxylic acids is 1. The molecule has 0 amide bonds. The van der Waals surface area contributed by atoms with Gasteiger partial charge in [0.05, 0.1) is 6.61 Å². The molecule has 1 aromatic carbocycles. The summed E-state index contributed by atoms with van der Waals surface area (Å²) in [7, 11) is 0. The zero-order valence-corrected chi connectivity index (χ0v) is 9.77. The minimum absolute atomic E-state index is 0.150. The van der Waals surface area contributed by atoms with E-state index in [1.807, 2.05) is 19.1 Å². The first-order valence-corrected chi connectivity index (χ1v) is 5.23. The molecule has 0 saturated carbocycles. The molecular weight excluding hydrogens is 220 g/mol. The second-order valence-electron chi connectivity index (χ2n) is 3.49. The largest absolute Gasteiger partial charge is 0.477 e. The molecule has 0 unspecified atom stereocenters. The van der Waals surface area contributed by atoms with Crippen molar-refractivity contribution in [3.05, 3.63) is 41.0 Å². The predicted molar refractivity (Wildman–Crippen MR) is 63.4 cm³/mol. The number of aryl methyl sites for hydroxylation is 1. The highest BCUT2D eigenvalue weighted by Gasteiger charge is 2.18. The minimum Gasteiger partial charge on any atom is -0.477 e. The highest BCUT2D eigenvalue weighted by atomic mass is 16.5. The summed E-state index contributed by atoms with van der Waals surface area (Å²) in [6, 6.07) is 7.18. The fraction of sp³-hybridized carbons (Fsp3) is 0.231. The third kappa shape index (κ3) is 3.75. The molecule has 0 bridgehead atoms. The molecule has 90 valence electrons. The number of carbonyl (C=O) groups excluding carboxylic acids is 1. The zero-order chi connectivity index (χ0) is 12.8. The number of benzene rings is 1. The Bertz CT molecular complexity index is 443. The number of hydrogen-bond acceptors (Lipinski definition) is 3. The Morgan fingerprint density at radius 2 is 1.88 bits per heavy atom. The summed E-state index contributed by atoms with van der Waals surface area (Å²) < 4.78 is 4.67. The van der Waals surface area contributed by atoms with E-state index in [0.717, 1.165) is 5.56 Å². The molecule has 0 aliphatic carbocycles. The van der Waals surface area contributed by atoms with Gasteiger partial charge in [0.25, 0.3) is 0 Å². The third-order valence-electron chi connectivity index (χ3n) is 2.11. The number of rotatable bonds is 4. The minimum atomic E-state index is -1.29. The molecule has 0 spiro atoms. The summed E-state index contributed by atoms with van der Waals surface area (Å²) in [5.41, 5.74) is 1.35. The molecule has 0 atom stereocenters. The van der Waals surface area contributed by atoms with Crippen LogP contribution in [0.15, 0.2) is 29.8 Å². The van der Waals surface area contributed by atoms with E-state index < -0.39 is 11.9 Å². The van der Waals surface area contributed by atoms with Gasteiger partial charge in [0.15, 0.2) is 0 Å². The molecule has 0 radical (unpaired) electrons. The Balaban J connectivity index is 3.02. The summed E-state index contributed by atoms with van der Waals surface area (Å²) in [5, 5.41) is 8.92. The van der Waals surface area contributed by atoms with Gasteiger partial charge in [-0.15, -0.1) is 0 Å². The van der Waals surface area contributed by atoms with Crippen LogP contribution in [0.4, 0.5) is 0 Å². The molecule has 0 aliphatic heterocycles. The molecule has 0 aliphatic rings. The van der Waals surface area contributed by atoms with E-state index in [2.05, 4.69) is 4.74 Å². The predicted octanol–water partition coefficient (Wildman–Crippen LogP) is 2.03. The van der Waals surface area contributed by atoms with Crippen LogP contribution in [0.3, 0.4) is 0 Å². The lowest BCUT2D eigenvalue weighted by Crippen LogP contribution is -2.15. The second kappa shape index (κ2) is 5.84. The Labute approximate surface area is 99.5 Å². The Hall–Kier alpha value is -2.10. The number of ether oxygens (including phenoxy) is 1. The number of carboxylic acid groups (broad SMARTS) is 1. The molecule has 0 fully saturated rings. The molecule has 1 aromatic rings. The molecule has 0 heterocycles. The number of carbonyl (C=O) groups is 2. The average molecular weight is 234 g/mol. The zero-order valence-electron chi connectivity index (χ0n) is 9.77. The lowest BCUT2D eigenvalue weighted by molar-refractivity contribution is -0.143. The average Bonchev–Trinajstić information content (AvgIpc) is 2.28. The maximum absolute atomic E-state index is 11.4. The van der Waals surface area contributed by atoms with Gasteiger partial charge in [-0.25, -0.2) is 9.59 Å². The quantitative estimate of drug-likeness (QED) is 0.374. The molecular formula is C13H14O4. The van der Waals surface area contributed by atoms with Gasteiger partial charge in [-0.2, -0.15) is 0 Å². The van der Waals surface area contributed by atoms with Crippen molar-refractivity contribution in [3.8, 4) is 0 Å². The van der Waals surface area contributed by atoms with Gasteiger partial charge >= 0.3 is 11.9 Å². The van der Waals surface area contributed by atoms with Gasteiger partial charge in [-0.1, -0.05) is 29.8 Å². The van der Waals surface area contributed by atoms with Crippen LogP contribution in [0.25, 0.3) is 6.08 Å². The molecule has 4 heteroatoms. The molecule has 0 saturated heterocycles. The van der Waals surface area contributed by atoms with E-state index in [-0.39, 0.29) is 12.2 Å². The topological polar surface area (TPSA) is 63.6 Å². The van der Waals surface area contributed by atoms with Crippen molar-refractivity contribution in [1.29, 1.82) is 0 Å². The van der Waals surface area contributed by atoms with Crippen molar-refractivity contribution in [1.82, 2.24) is 0 Å². The van der Waals surface area contributed by atoms with Crippen LogP contribution >= 0.6 is 0 Å². The summed E-state index contributed by atoms with van der Waals surface area (Å²) in [5.74, 6) is -2.11. The van der Waals surface area contributed by atoms with Crippen LogP contribution in [0.2, 0.25) is 0 Å². The van der Waals surface area contributed by atoms with E-state index in [0.29, 0.717) is 5.56 Å². The first-order chi connectivity index (χ1) is 8.04. The molecule has 4 nitrogen and oxygen atoms in total. The highest BCUT2D eigenvalue weighted by molar-refractivity contribution is 6.16. The fourth-order valence-electron chi connectivity index (χ4n) is 1.25. The van der Waals surface area contributed by atoms with E-state index >= 15 is 0 Å². The fourth-order valence-corrected chi connectivity index (χ4v) is 1.25. The maximum atomic E-state index is 11.4. The van der Waals surface area contributed by atoms with Gasteiger partial charge < -0.3 is 9.84 Å². The van der Waals surface area contributed by atoms with Gasteiger partial charge in [-0.3, -0.25) is 0 Å². The first-order valence-electron chi connectivity index (χ1n) is 5.23. The van der Waals surface area contributed by atoms with E-state index in [1.54, 1.807) is 19.1 Å². The summed E-state index contributed by atoms with van der Waals surface area (Å²) in [4.78, 5) is 22.3. The monoisotopic (exact) mass is 234 g/mol. The Morgan fingerprint density at radius 1 is 1.29 bits per heavy atom. The van der Waals surface area contributed by atoms with Crippen molar-refractivity contribution >= 4 is 18.0 Å². The lowest BCUT2D eigenvalue weighted by Gasteiger charge is -2.02. The SMILES string of the molecule is CCOC(=O)/C(=C\c1ccc(C)cc1)C(=O)O. The van der Waals surface area contributed by atoms with Crippen LogP contribution < -0.4 is 0 Å². The van der Waals surface area contributed by atoms with E-state index in [4.69, 9.17) is 5.11 Å². The van der Waals surface area contributed by atoms with Gasteiger partial charge in [0.2, 0.25) is 0 Å².